The quantitative estimate of drug-likeness (QED) is 0.802. The van der Waals surface area contributed by atoms with Gasteiger partial charge < -0.3 is 10.2 Å². The number of hydrogen-bond donors (Lipinski definition) is 1. The van der Waals surface area contributed by atoms with Gasteiger partial charge in [0.05, 0.1) is 0 Å². The van der Waals surface area contributed by atoms with Crippen LogP contribution >= 0.6 is 0 Å². The Hall–Kier alpha value is -1.09. The van der Waals surface area contributed by atoms with Crippen LogP contribution in [0.2, 0.25) is 0 Å². The van der Waals surface area contributed by atoms with E-state index in [2.05, 4.69) is 17.1 Å². The molecule has 1 aromatic rings. The van der Waals surface area contributed by atoms with Gasteiger partial charge in [-0.15, -0.1) is 0 Å². The molecule has 0 aromatic heterocycles. The van der Waals surface area contributed by atoms with Crippen molar-refractivity contribution < 1.29 is 4.39 Å². The summed E-state index contributed by atoms with van der Waals surface area (Å²) in [6, 6.07) is 6.37. The molecular weight excluding hydrogens is 215 g/mol. The van der Waals surface area contributed by atoms with Gasteiger partial charge in [-0.25, -0.2) is 4.39 Å². The van der Waals surface area contributed by atoms with E-state index in [1.54, 1.807) is 12.1 Å². The first-order valence-corrected chi connectivity index (χ1v) is 6.52. The molecule has 3 heteroatoms. The molecule has 17 heavy (non-hydrogen) atoms. The molecule has 0 spiro atoms. The molecule has 1 aromatic carbocycles. The molecule has 2 unspecified atom stereocenters. The van der Waals surface area contributed by atoms with Gasteiger partial charge >= 0.3 is 0 Å². The van der Waals surface area contributed by atoms with Crippen molar-refractivity contribution in [2.45, 2.75) is 38.3 Å². The van der Waals surface area contributed by atoms with Crippen molar-refractivity contribution in [3.8, 4) is 0 Å². The summed E-state index contributed by atoms with van der Waals surface area (Å²) in [5.74, 6) is -0.113. The van der Waals surface area contributed by atoms with Gasteiger partial charge in [-0.3, -0.25) is 0 Å². The molecular formula is C14H19FN2. The summed E-state index contributed by atoms with van der Waals surface area (Å²) in [7, 11) is 0. The first-order chi connectivity index (χ1) is 8.24. The van der Waals surface area contributed by atoms with Crippen LogP contribution in [-0.4, -0.2) is 25.2 Å². The Morgan fingerprint density at radius 1 is 1.41 bits per heavy atom. The number of piperidine rings is 1. The maximum Gasteiger partial charge on any atom is 0.125 e. The highest BCUT2D eigenvalue weighted by Crippen LogP contribution is 2.32. The van der Waals surface area contributed by atoms with E-state index in [0.29, 0.717) is 12.1 Å². The van der Waals surface area contributed by atoms with Crippen LogP contribution in [0.1, 0.15) is 25.3 Å². The van der Waals surface area contributed by atoms with E-state index in [-0.39, 0.29) is 5.82 Å². The van der Waals surface area contributed by atoms with E-state index in [9.17, 15) is 4.39 Å². The minimum absolute atomic E-state index is 0.113. The number of nitrogens with zero attached hydrogens (tertiary/aromatic N) is 1. The Balaban J connectivity index is 1.84. The Kier molecular flexibility index (Phi) is 2.79. The van der Waals surface area contributed by atoms with E-state index in [1.807, 2.05) is 6.07 Å². The Labute approximate surface area is 102 Å². The van der Waals surface area contributed by atoms with Gasteiger partial charge in [0.2, 0.25) is 0 Å². The summed E-state index contributed by atoms with van der Waals surface area (Å²) >= 11 is 0. The van der Waals surface area contributed by atoms with Gasteiger partial charge in [0.25, 0.3) is 0 Å². The third kappa shape index (κ3) is 2.04. The predicted octanol–water partition coefficient (Wildman–Crippen LogP) is 2.33. The zero-order chi connectivity index (χ0) is 11.8. The smallest absolute Gasteiger partial charge is 0.125 e. The second-order valence-electron chi connectivity index (χ2n) is 5.25. The lowest BCUT2D eigenvalue weighted by Crippen LogP contribution is -2.46. The molecule has 1 saturated heterocycles. The van der Waals surface area contributed by atoms with Crippen molar-refractivity contribution >= 4 is 5.69 Å². The number of fused-ring (bicyclic) bond motifs is 1. The minimum Gasteiger partial charge on any atom is -0.368 e. The third-order valence-corrected chi connectivity index (χ3v) is 4.02. The molecule has 2 aliphatic heterocycles. The molecule has 2 nitrogen and oxygen atoms in total. The Morgan fingerprint density at radius 3 is 3.12 bits per heavy atom. The number of rotatable bonds is 1. The highest BCUT2D eigenvalue weighted by atomic mass is 19.1. The number of benzene rings is 1. The fourth-order valence-electron chi connectivity index (χ4n) is 3.15. The van der Waals surface area contributed by atoms with E-state index < -0.39 is 0 Å². The molecule has 2 heterocycles. The lowest BCUT2D eigenvalue weighted by molar-refractivity contribution is 0.366. The number of nitrogens with one attached hydrogen (secondary N) is 1. The third-order valence-electron chi connectivity index (χ3n) is 4.02. The van der Waals surface area contributed by atoms with E-state index in [0.717, 1.165) is 31.6 Å². The number of hydrogen-bond acceptors (Lipinski definition) is 2. The lowest BCUT2D eigenvalue weighted by Gasteiger charge is -2.36. The molecule has 0 bridgehead atoms. The maximum absolute atomic E-state index is 13.3. The van der Waals surface area contributed by atoms with Gasteiger partial charge in [-0.05, 0) is 50.4 Å². The molecule has 1 fully saturated rings. The molecule has 0 saturated carbocycles. The van der Waals surface area contributed by atoms with Gasteiger partial charge in [0.15, 0.2) is 0 Å². The zero-order valence-corrected chi connectivity index (χ0v) is 10.2. The molecule has 3 rings (SSSR count). The van der Waals surface area contributed by atoms with Crippen LogP contribution in [0.3, 0.4) is 0 Å². The highest BCUT2D eigenvalue weighted by Gasteiger charge is 2.29. The van der Waals surface area contributed by atoms with Crippen LogP contribution < -0.4 is 10.2 Å². The SMILES string of the molecule is CC1CC(N2CCc3ccc(F)cc32)CCN1. The van der Waals surface area contributed by atoms with E-state index in [1.165, 1.54) is 12.0 Å². The number of anilines is 1. The molecule has 2 atom stereocenters. The summed E-state index contributed by atoms with van der Waals surface area (Å²) in [6.45, 7) is 4.36. The summed E-state index contributed by atoms with van der Waals surface area (Å²) in [5, 5.41) is 3.47. The van der Waals surface area contributed by atoms with Crippen LogP contribution in [0.4, 0.5) is 10.1 Å². The molecule has 1 N–H and O–H groups in total. The monoisotopic (exact) mass is 234 g/mol. The predicted molar refractivity (Wildman–Crippen MR) is 67.9 cm³/mol. The van der Waals surface area contributed by atoms with Gasteiger partial charge in [0, 0.05) is 24.3 Å². The average molecular weight is 234 g/mol. The second-order valence-corrected chi connectivity index (χ2v) is 5.25. The Bertz CT molecular complexity index is 419. The van der Waals surface area contributed by atoms with E-state index >= 15 is 0 Å². The van der Waals surface area contributed by atoms with Crippen molar-refractivity contribution in [1.82, 2.24) is 5.32 Å². The first kappa shape index (κ1) is 11.0. The van der Waals surface area contributed by atoms with Crippen LogP contribution in [0.5, 0.6) is 0 Å². The van der Waals surface area contributed by atoms with Crippen molar-refractivity contribution in [2.75, 3.05) is 18.0 Å². The van der Waals surface area contributed by atoms with Gasteiger partial charge in [-0.2, -0.15) is 0 Å². The first-order valence-electron chi connectivity index (χ1n) is 6.52. The summed E-state index contributed by atoms with van der Waals surface area (Å²) in [4.78, 5) is 2.41. The van der Waals surface area contributed by atoms with Crippen LogP contribution in [0, 0.1) is 5.82 Å². The van der Waals surface area contributed by atoms with Crippen molar-refractivity contribution in [1.29, 1.82) is 0 Å². The highest BCUT2D eigenvalue weighted by molar-refractivity contribution is 5.59. The second kappa shape index (κ2) is 4.30. The van der Waals surface area contributed by atoms with Crippen LogP contribution in [0.15, 0.2) is 18.2 Å². The van der Waals surface area contributed by atoms with Crippen molar-refractivity contribution in [3.05, 3.63) is 29.6 Å². The van der Waals surface area contributed by atoms with E-state index in [4.69, 9.17) is 0 Å². The topological polar surface area (TPSA) is 15.3 Å². The summed E-state index contributed by atoms with van der Waals surface area (Å²) < 4.78 is 13.3. The van der Waals surface area contributed by atoms with Crippen molar-refractivity contribution in [2.24, 2.45) is 0 Å². The van der Waals surface area contributed by atoms with Crippen LogP contribution in [0.25, 0.3) is 0 Å². The van der Waals surface area contributed by atoms with Gasteiger partial charge in [0.1, 0.15) is 5.82 Å². The fraction of sp³-hybridized carbons (Fsp3) is 0.571. The maximum atomic E-state index is 13.3. The molecule has 2 aliphatic rings. The summed E-state index contributed by atoms with van der Waals surface area (Å²) in [5.41, 5.74) is 2.43. The van der Waals surface area contributed by atoms with Crippen molar-refractivity contribution in [3.63, 3.8) is 0 Å². The fourth-order valence-corrected chi connectivity index (χ4v) is 3.15. The largest absolute Gasteiger partial charge is 0.368 e. The standard InChI is InChI=1S/C14H19FN2/c1-10-8-13(4-6-16-10)17-7-5-11-2-3-12(15)9-14(11)17/h2-3,9-10,13,16H,4-8H2,1H3. The lowest BCUT2D eigenvalue weighted by atomic mass is 9.99. The Morgan fingerprint density at radius 2 is 2.29 bits per heavy atom. The molecule has 92 valence electrons. The molecule has 0 aliphatic carbocycles. The number of halogens is 1. The average Bonchev–Trinajstić information content (AvgIpc) is 2.71. The summed E-state index contributed by atoms with van der Waals surface area (Å²) in [6.07, 6.45) is 3.39. The normalized spacial score (nSPS) is 28.2. The molecule has 0 amide bonds. The minimum atomic E-state index is -0.113. The molecule has 0 radical (unpaired) electrons. The van der Waals surface area contributed by atoms with Gasteiger partial charge in [-0.1, -0.05) is 6.07 Å². The zero-order valence-electron chi connectivity index (χ0n) is 10.2. The van der Waals surface area contributed by atoms with Crippen LogP contribution in [-0.2, 0) is 6.42 Å².